The second-order valence-corrected chi connectivity index (χ2v) is 9.65. The average Bonchev–Trinajstić information content (AvgIpc) is 3.17. The third-order valence-corrected chi connectivity index (χ3v) is 7.07. The van der Waals surface area contributed by atoms with Gasteiger partial charge in [-0.25, -0.2) is 17.8 Å². The maximum Gasteiger partial charge on any atom is 0.261 e. The number of methoxy groups -OCH3 is 1. The summed E-state index contributed by atoms with van der Waals surface area (Å²) in [7, 11) is -2.50. The van der Waals surface area contributed by atoms with Gasteiger partial charge in [-0.3, -0.25) is 14.8 Å². The number of benzene rings is 3. The van der Waals surface area contributed by atoms with Gasteiger partial charge in [0.2, 0.25) is 0 Å². The zero-order chi connectivity index (χ0) is 22.9. The Hall–Kier alpha value is -3.21. The second kappa shape index (κ2) is 8.73. The Bertz CT molecular complexity index is 1420. The molecule has 0 aliphatic heterocycles. The molecule has 0 aliphatic carbocycles. The van der Waals surface area contributed by atoms with E-state index in [-0.39, 0.29) is 21.2 Å². The number of nitrogens with one attached hydrogen (secondary N) is 2. The van der Waals surface area contributed by atoms with Crippen LogP contribution in [0.3, 0.4) is 0 Å². The van der Waals surface area contributed by atoms with Crippen LogP contribution in [-0.2, 0) is 10.0 Å². The SMILES string of the molecule is COc1cccc2sc(NC(=O)c3ccc(Cl)c(NS(=O)(=O)c4ccc(F)cc4)c3)nc12. The Kier molecular flexibility index (Phi) is 6.00. The average molecular weight is 492 g/mol. The van der Waals surface area contributed by atoms with Gasteiger partial charge in [0.25, 0.3) is 15.9 Å². The topological polar surface area (TPSA) is 97.4 Å². The number of sulfonamides is 1. The van der Waals surface area contributed by atoms with Gasteiger partial charge in [-0.2, -0.15) is 0 Å². The zero-order valence-electron chi connectivity index (χ0n) is 16.4. The van der Waals surface area contributed by atoms with Crippen LogP contribution in [0.1, 0.15) is 10.4 Å². The molecule has 1 amide bonds. The number of carbonyl (C=O) groups excluding carboxylic acids is 1. The van der Waals surface area contributed by atoms with Crippen LogP contribution in [0.5, 0.6) is 5.75 Å². The number of aromatic nitrogens is 1. The molecule has 0 fully saturated rings. The van der Waals surface area contributed by atoms with Crippen molar-refractivity contribution in [2.45, 2.75) is 4.90 Å². The number of hydrogen-bond acceptors (Lipinski definition) is 6. The van der Waals surface area contributed by atoms with Gasteiger partial charge in [0, 0.05) is 5.56 Å². The van der Waals surface area contributed by atoms with Gasteiger partial charge in [-0.05, 0) is 54.6 Å². The van der Waals surface area contributed by atoms with Crippen molar-refractivity contribution in [1.29, 1.82) is 0 Å². The molecule has 1 aromatic heterocycles. The number of ether oxygens (including phenoxy) is 1. The fourth-order valence-corrected chi connectivity index (χ4v) is 5.04. The van der Waals surface area contributed by atoms with Crippen molar-refractivity contribution >= 4 is 59.9 Å². The van der Waals surface area contributed by atoms with E-state index >= 15 is 0 Å². The largest absolute Gasteiger partial charge is 0.494 e. The Balaban J connectivity index is 1.58. The van der Waals surface area contributed by atoms with Crippen LogP contribution >= 0.6 is 22.9 Å². The van der Waals surface area contributed by atoms with Gasteiger partial charge < -0.3 is 4.74 Å². The molecule has 0 saturated carbocycles. The van der Waals surface area contributed by atoms with Crippen LogP contribution in [0.25, 0.3) is 10.2 Å². The lowest BCUT2D eigenvalue weighted by molar-refractivity contribution is 0.102. The number of amides is 1. The molecule has 3 aromatic carbocycles. The van der Waals surface area contributed by atoms with Crippen molar-refractivity contribution < 1.29 is 22.3 Å². The number of thiazole rings is 1. The maximum absolute atomic E-state index is 13.1. The predicted molar refractivity (Wildman–Crippen MR) is 123 cm³/mol. The van der Waals surface area contributed by atoms with E-state index in [4.69, 9.17) is 16.3 Å². The summed E-state index contributed by atoms with van der Waals surface area (Å²) in [6, 6.07) is 14.0. The molecular weight excluding hydrogens is 477 g/mol. The fraction of sp³-hybridized carbons (Fsp3) is 0.0476. The number of para-hydroxylation sites is 1. The molecule has 2 N–H and O–H groups in total. The van der Waals surface area contributed by atoms with E-state index in [0.29, 0.717) is 16.4 Å². The minimum atomic E-state index is -4.04. The number of anilines is 2. The van der Waals surface area contributed by atoms with Gasteiger partial charge in [-0.15, -0.1) is 0 Å². The molecule has 0 saturated heterocycles. The van der Waals surface area contributed by atoms with Crippen molar-refractivity contribution in [3.8, 4) is 5.75 Å². The normalized spacial score (nSPS) is 11.3. The predicted octanol–water partition coefficient (Wildman–Crippen LogP) is 5.15. The van der Waals surface area contributed by atoms with Crippen molar-refractivity contribution in [2.24, 2.45) is 0 Å². The van der Waals surface area contributed by atoms with E-state index in [1.165, 1.54) is 36.6 Å². The standard InChI is InChI=1S/C21H15ClFN3O4S2/c1-30-17-3-2-4-18-19(17)24-21(31-18)25-20(27)12-5-10-15(22)16(11-12)26-32(28,29)14-8-6-13(23)7-9-14/h2-11,26H,1H3,(H,24,25,27). The van der Waals surface area contributed by atoms with Gasteiger partial charge in [-0.1, -0.05) is 29.0 Å². The monoisotopic (exact) mass is 491 g/mol. The number of rotatable bonds is 6. The van der Waals surface area contributed by atoms with Gasteiger partial charge in [0.1, 0.15) is 17.1 Å². The van der Waals surface area contributed by atoms with Gasteiger partial charge in [0.05, 0.1) is 27.4 Å². The lowest BCUT2D eigenvalue weighted by Gasteiger charge is -2.11. The first-order valence-corrected chi connectivity index (χ1v) is 11.8. The lowest BCUT2D eigenvalue weighted by atomic mass is 10.2. The summed E-state index contributed by atoms with van der Waals surface area (Å²) in [5.74, 6) is -0.474. The number of nitrogens with zero attached hydrogens (tertiary/aromatic N) is 1. The molecule has 0 aliphatic rings. The third kappa shape index (κ3) is 4.52. The Morgan fingerprint density at radius 3 is 2.59 bits per heavy atom. The van der Waals surface area contributed by atoms with Crippen molar-refractivity contribution in [2.75, 3.05) is 17.1 Å². The van der Waals surface area contributed by atoms with Crippen molar-refractivity contribution in [3.05, 3.63) is 77.1 Å². The quantitative estimate of drug-likeness (QED) is 0.388. The molecule has 1 heterocycles. The van der Waals surface area contributed by atoms with Crippen LogP contribution in [0, 0.1) is 5.82 Å². The summed E-state index contributed by atoms with van der Waals surface area (Å²) in [6.07, 6.45) is 0. The smallest absolute Gasteiger partial charge is 0.261 e. The van der Waals surface area contributed by atoms with Crippen molar-refractivity contribution in [1.82, 2.24) is 4.98 Å². The Morgan fingerprint density at radius 2 is 1.88 bits per heavy atom. The third-order valence-electron chi connectivity index (χ3n) is 4.42. The molecule has 11 heteroatoms. The molecule has 32 heavy (non-hydrogen) atoms. The lowest BCUT2D eigenvalue weighted by Crippen LogP contribution is -2.15. The Labute approximate surface area is 191 Å². The van der Waals surface area contributed by atoms with Crippen LogP contribution in [0.15, 0.2) is 65.6 Å². The second-order valence-electron chi connectivity index (χ2n) is 6.53. The highest BCUT2D eigenvalue weighted by Gasteiger charge is 2.18. The van der Waals surface area contributed by atoms with Gasteiger partial charge in [0.15, 0.2) is 5.13 Å². The van der Waals surface area contributed by atoms with E-state index in [1.54, 1.807) is 6.07 Å². The molecule has 0 unspecified atom stereocenters. The molecule has 0 bridgehead atoms. The molecule has 164 valence electrons. The van der Waals surface area contributed by atoms with E-state index in [9.17, 15) is 17.6 Å². The highest BCUT2D eigenvalue weighted by atomic mass is 35.5. The number of carbonyl (C=O) groups is 1. The van der Waals surface area contributed by atoms with Crippen LogP contribution in [0.4, 0.5) is 15.2 Å². The number of halogens is 2. The minimum absolute atomic E-state index is 0.00890. The first kappa shape index (κ1) is 22.0. The van der Waals surface area contributed by atoms with Crippen molar-refractivity contribution in [3.63, 3.8) is 0 Å². The van der Waals surface area contributed by atoms with Gasteiger partial charge >= 0.3 is 0 Å². The maximum atomic E-state index is 13.1. The molecule has 4 aromatic rings. The molecule has 0 radical (unpaired) electrons. The first-order chi connectivity index (χ1) is 15.3. The molecular formula is C21H15ClFN3O4S2. The van der Waals surface area contributed by atoms with E-state index < -0.39 is 21.7 Å². The molecule has 7 nitrogen and oxygen atoms in total. The number of fused-ring (bicyclic) bond motifs is 1. The number of hydrogen-bond donors (Lipinski definition) is 2. The van der Waals surface area contributed by atoms with E-state index in [1.807, 2.05) is 12.1 Å². The fourth-order valence-electron chi connectivity index (χ4n) is 2.87. The molecule has 0 spiro atoms. The highest BCUT2D eigenvalue weighted by Crippen LogP contribution is 2.32. The highest BCUT2D eigenvalue weighted by molar-refractivity contribution is 7.92. The summed E-state index contributed by atoms with van der Waals surface area (Å²) in [6.45, 7) is 0. The summed E-state index contributed by atoms with van der Waals surface area (Å²) < 4.78 is 46.7. The molecule has 0 atom stereocenters. The van der Waals surface area contributed by atoms with Crippen LogP contribution in [-0.4, -0.2) is 26.4 Å². The summed E-state index contributed by atoms with van der Waals surface area (Å²) >= 11 is 7.40. The van der Waals surface area contributed by atoms with Crippen LogP contribution in [0.2, 0.25) is 5.02 Å². The minimum Gasteiger partial charge on any atom is -0.494 e. The summed E-state index contributed by atoms with van der Waals surface area (Å²) in [4.78, 5) is 17.0. The molecule has 4 rings (SSSR count). The van der Waals surface area contributed by atoms with Crippen LogP contribution < -0.4 is 14.8 Å². The zero-order valence-corrected chi connectivity index (χ0v) is 18.8. The van der Waals surface area contributed by atoms with E-state index in [0.717, 1.165) is 29.0 Å². The van der Waals surface area contributed by atoms with E-state index in [2.05, 4.69) is 15.0 Å². The first-order valence-electron chi connectivity index (χ1n) is 9.09. The summed E-state index contributed by atoms with van der Waals surface area (Å²) in [5.41, 5.74) is 0.797. The Morgan fingerprint density at radius 1 is 1.12 bits per heavy atom. The summed E-state index contributed by atoms with van der Waals surface area (Å²) in [5, 5.41) is 3.15.